The zero-order chi connectivity index (χ0) is 26.3. The van der Waals surface area contributed by atoms with Crippen LogP contribution in [0, 0.1) is 0 Å². The maximum atomic E-state index is 13.4. The summed E-state index contributed by atoms with van der Waals surface area (Å²) in [6, 6.07) is 17.0. The summed E-state index contributed by atoms with van der Waals surface area (Å²) in [5.74, 6) is -1.12. The predicted octanol–water partition coefficient (Wildman–Crippen LogP) is 5.30. The highest BCUT2D eigenvalue weighted by Crippen LogP contribution is 2.37. The first-order valence-corrected chi connectivity index (χ1v) is 11.2. The van der Waals surface area contributed by atoms with E-state index in [1.807, 2.05) is 24.3 Å². The molecule has 0 bridgehead atoms. The van der Waals surface area contributed by atoms with E-state index in [0.717, 1.165) is 17.2 Å². The second-order valence-electron chi connectivity index (χ2n) is 8.56. The van der Waals surface area contributed by atoms with Gasteiger partial charge in [-0.3, -0.25) is 9.48 Å². The number of hydrogen-bond acceptors (Lipinski definition) is 6. The van der Waals surface area contributed by atoms with E-state index in [-0.39, 0.29) is 22.7 Å². The van der Waals surface area contributed by atoms with Crippen LogP contribution in [0.25, 0.3) is 11.3 Å². The maximum absolute atomic E-state index is 13.4. The van der Waals surface area contributed by atoms with Gasteiger partial charge in [-0.1, -0.05) is 36.4 Å². The Labute approximate surface area is 209 Å². The van der Waals surface area contributed by atoms with Gasteiger partial charge in [0.1, 0.15) is 28.6 Å². The lowest BCUT2D eigenvalue weighted by Crippen LogP contribution is -2.26. The van der Waals surface area contributed by atoms with Crippen molar-refractivity contribution in [2.45, 2.75) is 19.5 Å². The number of rotatable bonds is 5. The minimum absolute atomic E-state index is 0.0334. The number of halogens is 3. The molecule has 2 heterocycles. The first kappa shape index (κ1) is 24.0. The Kier molecular flexibility index (Phi) is 5.90. The Bertz CT molecular complexity index is 1470. The quantitative estimate of drug-likeness (QED) is 0.337. The highest BCUT2D eigenvalue weighted by Gasteiger charge is 2.31. The maximum Gasteiger partial charge on any atom is 0.573 e. The Morgan fingerprint density at radius 1 is 1.00 bits per heavy atom. The van der Waals surface area contributed by atoms with E-state index in [4.69, 9.17) is 0 Å². The number of carbonyl (C=O) groups is 1. The summed E-state index contributed by atoms with van der Waals surface area (Å²) in [7, 11) is 1.60. The van der Waals surface area contributed by atoms with Crippen molar-refractivity contribution < 1.29 is 32.9 Å². The molecule has 0 spiro atoms. The lowest BCUT2D eigenvalue weighted by Gasteiger charge is -2.19. The minimum atomic E-state index is -4.83. The molecular weight excluding hydrogens is 489 g/mol. The number of alkyl halides is 3. The van der Waals surface area contributed by atoms with Crippen molar-refractivity contribution >= 4 is 17.4 Å². The molecule has 37 heavy (non-hydrogen) atoms. The summed E-state index contributed by atoms with van der Waals surface area (Å²) >= 11 is 0. The summed E-state index contributed by atoms with van der Waals surface area (Å²) in [5.41, 5.74) is 2.84. The first-order chi connectivity index (χ1) is 17.6. The molecule has 1 aliphatic rings. The largest absolute Gasteiger partial charge is 0.573 e. The van der Waals surface area contributed by atoms with Gasteiger partial charge in [0.05, 0.1) is 11.4 Å². The van der Waals surface area contributed by atoms with E-state index in [2.05, 4.69) is 15.2 Å². The molecule has 1 amide bonds. The lowest BCUT2D eigenvalue weighted by atomic mass is 10.1. The Balaban J connectivity index is 1.44. The van der Waals surface area contributed by atoms with Gasteiger partial charge >= 0.3 is 6.36 Å². The number of anilines is 2. The molecule has 0 saturated carbocycles. The Morgan fingerprint density at radius 2 is 1.70 bits per heavy atom. The molecule has 8 nitrogen and oxygen atoms in total. The summed E-state index contributed by atoms with van der Waals surface area (Å²) < 4.78 is 43.3. The lowest BCUT2D eigenvalue weighted by molar-refractivity contribution is -0.274. The van der Waals surface area contributed by atoms with Crippen LogP contribution in [0.1, 0.15) is 21.5 Å². The molecule has 5 rings (SSSR count). The molecule has 0 fully saturated rings. The fourth-order valence-electron chi connectivity index (χ4n) is 4.29. The fourth-order valence-corrected chi connectivity index (χ4v) is 4.29. The monoisotopic (exact) mass is 510 g/mol. The van der Waals surface area contributed by atoms with Gasteiger partial charge in [-0.05, 0) is 23.3 Å². The van der Waals surface area contributed by atoms with Crippen LogP contribution in [0.3, 0.4) is 0 Å². The smallest absolute Gasteiger partial charge is 0.508 e. The van der Waals surface area contributed by atoms with Crippen LogP contribution in [-0.4, -0.2) is 37.2 Å². The Hall–Kier alpha value is -4.67. The van der Waals surface area contributed by atoms with Crippen LogP contribution in [0.2, 0.25) is 0 Å². The number of aromatic hydroxyl groups is 2. The van der Waals surface area contributed by atoms with Crippen LogP contribution in [0.4, 0.5) is 24.7 Å². The van der Waals surface area contributed by atoms with Crippen molar-refractivity contribution in [2.24, 2.45) is 7.05 Å². The molecule has 3 aromatic carbocycles. The molecule has 0 saturated heterocycles. The number of nitrogens with one attached hydrogen (secondary N) is 1. The number of benzene rings is 3. The molecule has 4 aromatic rings. The zero-order valence-electron chi connectivity index (χ0n) is 19.5. The highest BCUT2D eigenvalue weighted by atomic mass is 19.4. The molecule has 3 N–H and O–H groups in total. The minimum Gasteiger partial charge on any atom is -0.508 e. The second kappa shape index (κ2) is 9.08. The summed E-state index contributed by atoms with van der Waals surface area (Å²) in [6.07, 6.45) is -4.83. The van der Waals surface area contributed by atoms with E-state index < -0.39 is 18.0 Å². The average molecular weight is 510 g/mol. The number of carbonyl (C=O) groups excluding carboxylic acids is 1. The molecule has 0 radical (unpaired) electrons. The third-order valence-corrected chi connectivity index (χ3v) is 5.95. The standard InChI is InChI=1S/C26H21F3N4O4/c1-32-23(12-20(31-32)15-7-4-8-19(9-15)37-26(27,28)29)30-21-10-18(34)11-22(35)24(21)25(36)33-13-16-5-2-3-6-17(16)14-33/h2-12,30,34-35H,13-14H2,1H3. The second-order valence-corrected chi connectivity index (χ2v) is 8.56. The average Bonchev–Trinajstić information content (AvgIpc) is 3.41. The fraction of sp³-hybridized carbons (Fsp3) is 0.154. The van der Waals surface area contributed by atoms with Crippen LogP contribution in [0.15, 0.2) is 66.7 Å². The number of aromatic nitrogens is 2. The number of hydrogen-bond donors (Lipinski definition) is 3. The summed E-state index contributed by atoms with van der Waals surface area (Å²) in [5, 5.41) is 28.1. The number of fused-ring (bicyclic) bond motifs is 1. The van der Waals surface area contributed by atoms with E-state index in [1.54, 1.807) is 24.1 Å². The van der Waals surface area contributed by atoms with E-state index in [1.165, 1.54) is 28.9 Å². The van der Waals surface area contributed by atoms with Crippen LogP contribution in [0.5, 0.6) is 17.2 Å². The van der Waals surface area contributed by atoms with E-state index >= 15 is 0 Å². The molecule has 0 unspecified atom stereocenters. The highest BCUT2D eigenvalue weighted by molar-refractivity contribution is 6.03. The van der Waals surface area contributed by atoms with Crippen molar-refractivity contribution in [1.82, 2.24) is 14.7 Å². The molecule has 1 aliphatic heterocycles. The first-order valence-electron chi connectivity index (χ1n) is 11.2. The van der Waals surface area contributed by atoms with Gasteiger partial charge in [0.25, 0.3) is 5.91 Å². The summed E-state index contributed by atoms with van der Waals surface area (Å²) in [6.45, 7) is 0.752. The number of amides is 1. The number of aryl methyl sites for hydroxylation is 1. The van der Waals surface area contributed by atoms with Gasteiger partial charge in [-0.15, -0.1) is 13.2 Å². The molecular formula is C26H21F3N4O4. The molecule has 0 aliphatic carbocycles. The Morgan fingerprint density at radius 3 is 2.38 bits per heavy atom. The van der Waals surface area contributed by atoms with Gasteiger partial charge in [0.2, 0.25) is 0 Å². The zero-order valence-corrected chi connectivity index (χ0v) is 19.5. The van der Waals surface area contributed by atoms with Gasteiger partial charge in [0.15, 0.2) is 0 Å². The van der Waals surface area contributed by atoms with Crippen LogP contribution in [-0.2, 0) is 20.1 Å². The number of nitrogens with zero attached hydrogens (tertiary/aromatic N) is 3. The van der Waals surface area contributed by atoms with Gasteiger partial charge in [-0.2, -0.15) is 5.10 Å². The number of ether oxygens (including phenoxy) is 1. The van der Waals surface area contributed by atoms with Crippen LogP contribution >= 0.6 is 0 Å². The molecule has 190 valence electrons. The van der Waals surface area contributed by atoms with Gasteiger partial charge in [0, 0.05) is 43.9 Å². The predicted molar refractivity (Wildman–Crippen MR) is 128 cm³/mol. The number of phenolic OH excluding ortho intramolecular Hbond substituents is 2. The SMILES string of the molecule is Cn1nc(-c2cccc(OC(F)(F)F)c2)cc1Nc1cc(O)cc(O)c1C(=O)N1Cc2ccccc2C1. The third kappa shape index (κ3) is 5.01. The third-order valence-electron chi connectivity index (χ3n) is 5.95. The summed E-state index contributed by atoms with van der Waals surface area (Å²) in [4.78, 5) is 15.0. The normalized spacial score (nSPS) is 12.9. The van der Waals surface area contributed by atoms with Crippen molar-refractivity contribution in [3.05, 3.63) is 83.4 Å². The molecule has 1 aromatic heterocycles. The van der Waals surface area contributed by atoms with Gasteiger partial charge < -0.3 is 25.2 Å². The van der Waals surface area contributed by atoms with Crippen LogP contribution < -0.4 is 10.1 Å². The molecule has 0 atom stereocenters. The molecule has 11 heteroatoms. The van der Waals surface area contributed by atoms with Crippen molar-refractivity contribution in [3.63, 3.8) is 0 Å². The van der Waals surface area contributed by atoms with Crippen molar-refractivity contribution in [2.75, 3.05) is 5.32 Å². The van der Waals surface area contributed by atoms with E-state index in [9.17, 15) is 28.2 Å². The van der Waals surface area contributed by atoms with E-state index in [0.29, 0.717) is 30.2 Å². The van der Waals surface area contributed by atoms with Crippen molar-refractivity contribution in [1.29, 1.82) is 0 Å². The number of phenols is 2. The topological polar surface area (TPSA) is 99.9 Å². The van der Waals surface area contributed by atoms with Crippen molar-refractivity contribution in [3.8, 4) is 28.5 Å². The van der Waals surface area contributed by atoms with Gasteiger partial charge in [-0.25, -0.2) is 0 Å².